The van der Waals surface area contributed by atoms with Crippen molar-refractivity contribution in [1.29, 1.82) is 0 Å². The molecular formula is C4H7BNO2P. The number of rotatable bonds is 1. The Morgan fingerprint density at radius 1 is 1.56 bits per heavy atom. The fourth-order valence-electron chi connectivity index (χ4n) is 0.626. The third-order valence-electron chi connectivity index (χ3n) is 1.08. The van der Waals surface area contributed by atoms with Gasteiger partial charge in [-0.2, -0.15) is 0 Å². The molecule has 1 atom stereocenters. The third-order valence-corrected chi connectivity index (χ3v) is 1.55. The largest absolute Gasteiger partial charge is 0.506 e. The molecule has 1 aromatic rings. The SMILES string of the molecule is OB(O)c1cccn1P. The van der Waals surface area contributed by atoms with Gasteiger partial charge >= 0.3 is 7.12 Å². The normalized spacial score (nSPS) is 9.67. The van der Waals surface area contributed by atoms with Gasteiger partial charge in [0, 0.05) is 6.20 Å². The lowest BCUT2D eigenvalue weighted by molar-refractivity contribution is 0.424. The third kappa shape index (κ3) is 1.33. The van der Waals surface area contributed by atoms with E-state index in [9.17, 15) is 0 Å². The summed E-state index contributed by atoms with van der Waals surface area (Å²) in [5.74, 6) is 0. The molecule has 0 aliphatic rings. The summed E-state index contributed by atoms with van der Waals surface area (Å²) in [5, 5.41) is 17.2. The zero-order valence-corrected chi connectivity index (χ0v) is 5.88. The molecule has 0 aromatic carbocycles. The molecule has 0 saturated carbocycles. The highest BCUT2D eigenvalue weighted by molar-refractivity contribution is 7.15. The quantitative estimate of drug-likeness (QED) is 0.383. The fraction of sp³-hybridized carbons (Fsp3) is 0. The van der Waals surface area contributed by atoms with Gasteiger partial charge in [-0.3, -0.25) is 0 Å². The van der Waals surface area contributed by atoms with E-state index in [4.69, 9.17) is 10.0 Å². The topological polar surface area (TPSA) is 45.4 Å². The van der Waals surface area contributed by atoms with Gasteiger partial charge < -0.3 is 14.4 Å². The van der Waals surface area contributed by atoms with Gasteiger partial charge in [-0.15, -0.1) is 0 Å². The highest BCUT2D eigenvalue weighted by Gasteiger charge is 2.12. The van der Waals surface area contributed by atoms with E-state index in [-0.39, 0.29) is 0 Å². The first kappa shape index (κ1) is 6.81. The van der Waals surface area contributed by atoms with Crippen molar-refractivity contribution in [2.45, 2.75) is 0 Å². The van der Waals surface area contributed by atoms with Crippen molar-refractivity contribution in [2.24, 2.45) is 0 Å². The van der Waals surface area contributed by atoms with E-state index in [2.05, 4.69) is 9.39 Å². The molecule has 0 radical (unpaired) electrons. The maximum Gasteiger partial charge on any atom is 0.506 e. The van der Waals surface area contributed by atoms with Gasteiger partial charge in [0.15, 0.2) is 0 Å². The van der Waals surface area contributed by atoms with Crippen LogP contribution in [0.1, 0.15) is 0 Å². The molecule has 0 bridgehead atoms. The molecule has 2 N–H and O–H groups in total. The second-order valence-corrected chi connectivity index (χ2v) is 2.27. The molecule has 0 aliphatic carbocycles. The molecule has 1 rings (SSSR count). The first-order valence-electron chi connectivity index (χ1n) is 2.50. The summed E-state index contributed by atoms with van der Waals surface area (Å²) in [7, 11) is 0.961. The second-order valence-electron chi connectivity index (χ2n) is 1.71. The highest BCUT2D eigenvalue weighted by Crippen LogP contribution is 1.92. The van der Waals surface area contributed by atoms with Crippen molar-refractivity contribution in [3.8, 4) is 0 Å². The Bertz CT molecular complexity index is 200. The Morgan fingerprint density at radius 3 is 2.44 bits per heavy atom. The van der Waals surface area contributed by atoms with Crippen LogP contribution >= 0.6 is 9.39 Å². The molecule has 0 amide bonds. The van der Waals surface area contributed by atoms with E-state index in [0.717, 1.165) is 0 Å². The number of hydrogen-bond donors (Lipinski definition) is 2. The Balaban J connectivity index is 2.94. The van der Waals surface area contributed by atoms with Crippen LogP contribution < -0.4 is 5.59 Å². The van der Waals surface area contributed by atoms with Crippen molar-refractivity contribution in [3.63, 3.8) is 0 Å². The number of aromatic nitrogens is 1. The van der Waals surface area contributed by atoms with Gasteiger partial charge in [0.2, 0.25) is 0 Å². The Hall–Kier alpha value is -0.305. The predicted molar refractivity (Wildman–Crippen MR) is 39.4 cm³/mol. The van der Waals surface area contributed by atoms with Gasteiger partial charge in [0.05, 0.1) is 5.59 Å². The Labute approximate surface area is 55.7 Å². The van der Waals surface area contributed by atoms with Crippen molar-refractivity contribution in [3.05, 3.63) is 18.3 Å². The molecule has 9 heavy (non-hydrogen) atoms. The minimum absolute atomic E-state index is 0.472. The van der Waals surface area contributed by atoms with Crippen molar-refractivity contribution in [2.75, 3.05) is 0 Å². The standard InChI is InChI=1S/C4H7BNO2P/c7-5(8)4-2-1-3-6(4)9/h1-3,7-8H,9H2. The van der Waals surface area contributed by atoms with Crippen LogP contribution in [-0.2, 0) is 0 Å². The molecule has 0 spiro atoms. The summed E-state index contributed by atoms with van der Waals surface area (Å²) in [4.78, 5) is 0. The molecule has 1 unspecified atom stereocenters. The van der Waals surface area contributed by atoms with Gasteiger partial charge in [-0.1, -0.05) is 0 Å². The average molecular weight is 143 g/mol. The van der Waals surface area contributed by atoms with Crippen molar-refractivity contribution >= 4 is 22.1 Å². The number of hydrogen-bond acceptors (Lipinski definition) is 2. The smallest absolute Gasteiger partial charge is 0.422 e. The average Bonchev–Trinajstić information content (AvgIpc) is 2.13. The molecule has 1 heterocycles. The molecule has 0 saturated heterocycles. The summed E-state index contributed by atoms with van der Waals surface area (Å²) in [6.45, 7) is 0. The Morgan fingerprint density at radius 2 is 2.22 bits per heavy atom. The summed E-state index contributed by atoms with van der Waals surface area (Å²) in [6, 6.07) is 3.37. The van der Waals surface area contributed by atoms with Crippen molar-refractivity contribution in [1.82, 2.24) is 4.34 Å². The summed E-state index contributed by atoms with van der Waals surface area (Å²) in [6.07, 6.45) is 1.72. The van der Waals surface area contributed by atoms with E-state index in [1.807, 2.05) is 0 Å². The van der Waals surface area contributed by atoms with E-state index in [1.54, 1.807) is 22.7 Å². The minimum Gasteiger partial charge on any atom is -0.422 e. The van der Waals surface area contributed by atoms with Gasteiger partial charge in [0.25, 0.3) is 0 Å². The lowest BCUT2D eigenvalue weighted by atomic mass is 9.87. The molecular weight excluding hydrogens is 136 g/mol. The van der Waals surface area contributed by atoms with Crippen LogP contribution in [0.4, 0.5) is 0 Å². The first-order chi connectivity index (χ1) is 4.22. The molecule has 1 aromatic heterocycles. The van der Waals surface area contributed by atoms with Crippen LogP contribution in [0.15, 0.2) is 18.3 Å². The van der Waals surface area contributed by atoms with Crippen molar-refractivity contribution < 1.29 is 10.0 Å². The van der Waals surface area contributed by atoms with Crippen LogP contribution in [0.5, 0.6) is 0 Å². The molecule has 0 aliphatic heterocycles. The predicted octanol–water partition coefficient (Wildman–Crippen LogP) is -1.19. The second kappa shape index (κ2) is 2.52. The van der Waals surface area contributed by atoms with Gasteiger partial charge in [-0.05, 0) is 21.5 Å². The first-order valence-corrected chi connectivity index (χ1v) is 3.02. The van der Waals surface area contributed by atoms with Gasteiger partial charge in [0.1, 0.15) is 0 Å². The lowest BCUT2D eigenvalue weighted by Crippen LogP contribution is -2.33. The van der Waals surface area contributed by atoms with Crippen LogP contribution in [0.25, 0.3) is 0 Å². The van der Waals surface area contributed by atoms with E-state index in [1.165, 1.54) is 0 Å². The molecule has 5 heteroatoms. The number of nitrogens with zero attached hydrogens (tertiary/aromatic N) is 1. The molecule has 3 nitrogen and oxygen atoms in total. The van der Waals surface area contributed by atoms with Crippen LogP contribution in [0.3, 0.4) is 0 Å². The monoisotopic (exact) mass is 143 g/mol. The van der Waals surface area contributed by atoms with Crippen LogP contribution in [0, 0.1) is 0 Å². The lowest BCUT2D eigenvalue weighted by Gasteiger charge is -1.98. The van der Waals surface area contributed by atoms with Crippen LogP contribution in [0.2, 0.25) is 0 Å². The highest BCUT2D eigenvalue weighted by atomic mass is 31.0. The maximum absolute atomic E-state index is 8.61. The van der Waals surface area contributed by atoms with Crippen LogP contribution in [-0.4, -0.2) is 21.5 Å². The zero-order chi connectivity index (χ0) is 6.85. The Kier molecular flexibility index (Phi) is 1.91. The summed E-state index contributed by atoms with van der Waals surface area (Å²) < 4.78 is 1.57. The molecule has 0 fully saturated rings. The van der Waals surface area contributed by atoms with Gasteiger partial charge in [-0.25, -0.2) is 0 Å². The van der Waals surface area contributed by atoms with E-state index < -0.39 is 7.12 Å². The van der Waals surface area contributed by atoms with E-state index >= 15 is 0 Å². The van der Waals surface area contributed by atoms with E-state index in [0.29, 0.717) is 5.59 Å². The zero-order valence-electron chi connectivity index (χ0n) is 4.73. The fourth-order valence-corrected chi connectivity index (χ4v) is 0.945. The summed E-state index contributed by atoms with van der Waals surface area (Å²) >= 11 is 0. The maximum atomic E-state index is 8.61. The minimum atomic E-state index is -1.38. The molecule has 48 valence electrons. The summed E-state index contributed by atoms with van der Waals surface area (Å²) in [5.41, 5.74) is 0.472.